The molecule has 120 valence electrons. The first-order chi connectivity index (χ1) is 10.6. The van der Waals surface area contributed by atoms with Gasteiger partial charge in [0.15, 0.2) is 0 Å². The average Bonchev–Trinajstić information content (AvgIpc) is 2.54. The molecule has 1 aromatic carbocycles. The normalized spacial score (nSPS) is 15.5. The van der Waals surface area contributed by atoms with Crippen molar-refractivity contribution in [3.8, 4) is 0 Å². The summed E-state index contributed by atoms with van der Waals surface area (Å²) >= 11 is 0. The Hall–Kier alpha value is -2.08. The third-order valence-electron chi connectivity index (χ3n) is 3.70. The molecule has 1 aliphatic rings. The molecule has 22 heavy (non-hydrogen) atoms. The fourth-order valence-electron chi connectivity index (χ4n) is 2.28. The van der Waals surface area contributed by atoms with Crippen LogP contribution in [0.3, 0.4) is 0 Å². The molecule has 1 aromatic rings. The zero-order chi connectivity index (χ0) is 15.9. The molecule has 1 fully saturated rings. The Kier molecular flexibility index (Phi) is 5.77. The molecular formula is C16H23N3O3. The predicted octanol–water partition coefficient (Wildman–Crippen LogP) is 1.05. The van der Waals surface area contributed by atoms with Gasteiger partial charge in [-0.25, -0.2) is 4.79 Å². The van der Waals surface area contributed by atoms with Gasteiger partial charge in [-0.2, -0.15) is 0 Å². The van der Waals surface area contributed by atoms with Crippen LogP contribution < -0.4 is 5.32 Å². The van der Waals surface area contributed by atoms with E-state index in [2.05, 4.69) is 17.3 Å². The summed E-state index contributed by atoms with van der Waals surface area (Å²) < 4.78 is 4.93. The summed E-state index contributed by atoms with van der Waals surface area (Å²) in [6, 6.07) is 6.95. The van der Waals surface area contributed by atoms with Crippen molar-refractivity contribution < 1.29 is 14.3 Å². The fraction of sp³-hybridized carbons (Fsp3) is 0.500. The van der Waals surface area contributed by atoms with Crippen molar-refractivity contribution >= 4 is 17.6 Å². The van der Waals surface area contributed by atoms with E-state index in [1.807, 2.05) is 4.90 Å². The summed E-state index contributed by atoms with van der Waals surface area (Å²) in [5.41, 5.74) is 1.33. The van der Waals surface area contributed by atoms with Crippen molar-refractivity contribution in [1.82, 2.24) is 9.80 Å². The Labute approximate surface area is 131 Å². The minimum absolute atomic E-state index is 0.0996. The molecule has 6 nitrogen and oxygen atoms in total. The highest BCUT2D eigenvalue weighted by Crippen LogP contribution is 2.10. The molecular weight excluding hydrogens is 282 g/mol. The van der Waals surface area contributed by atoms with Crippen molar-refractivity contribution in [2.24, 2.45) is 0 Å². The molecule has 1 aliphatic heterocycles. The summed E-state index contributed by atoms with van der Waals surface area (Å²) in [5.74, 6) is -0.231. The number of anilines is 1. The van der Waals surface area contributed by atoms with Crippen LogP contribution in [0, 0.1) is 0 Å². The van der Waals surface area contributed by atoms with E-state index in [4.69, 9.17) is 4.74 Å². The third-order valence-corrected chi connectivity index (χ3v) is 3.70. The Morgan fingerprint density at radius 3 is 2.36 bits per heavy atom. The SMILES string of the molecule is CCOC(=O)c1ccc(NCC(=O)N2CCN(C)CC2)cc1. The quantitative estimate of drug-likeness (QED) is 0.824. The number of amides is 1. The summed E-state index contributed by atoms with van der Waals surface area (Å²) in [7, 11) is 2.06. The first-order valence-electron chi connectivity index (χ1n) is 7.57. The minimum Gasteiger partial charge on any atom is -0.462 e. The average molecular weight is 305 g/mol. The number of hydrogen-bond acceptors (Lipinski definition) is 5. The lowest BCUT2D eigenvalue weighted by Crippen LogP contribution is -2.48. The van der Waals surface area contributed by atoms with E-state index >= 15 is 0 Å². The third kappa shape index (κ3) is 4.46. The van der Waals surface area contributed by atoms with Gasteiger partial charge >= 0.3 is 5.97 Å². The number of esters is 1. The van der Waals surface area contributed by atoms with Gasteiger partial charge in [-0.1, -0.05) is 0 Å². The van der Waals surface area contributed by atoms with Crippen molar-refractivity contribution in [2.75, 3.05) is 51.7 Å². The first-order valence-corrected chi connectivity index (χ1v) is 7.57. The molecule has 1 N–H and O–H groups in total. The van der Waals surface area contributed by atoms with Crippen LogP contribution in [0.15, 0.2) is 24.3 Å². The van der Waals surface area contributed by atoms with E-state index in [0.717, 1.165) is 31.9 Å². The summed E-state index contributed by atoms with van der Waals surface area (Å²) in [6.07, 6.45) is 0. The lowest BCUT2D eigenvalue weighted by Gasteiger charge is -2.32. The van der Waals surface area contributed by atoms with Crippen molar-refractivity contribution in [3.05, 3.63) is 29.8 Å². The highest BCUT2D eigenvalue weighted by atomic mass is 16.5. The second kappa shape index (κ2) is 7.79. The number of nitrogens with one attached hydrogen (secondary N) is 1. The molecule has 1 amide bonds. The number of carbonyl (C=O) groups is 2. The number of nitrogens with zero attached hydrogens (tertiary/aromatic N) is 2. The van der Waals surface area contributed by atoms with E-state index < -0.39 is 0 Å². The molecule has 0 bridgehead atoms. The molecule has 2 rings (SSSR count). The number of benzene rings is 1. The number of rotatable bonds is 5. The number of carbonyl (C=O) groups excluding carboxylic acids is 2. The molecule has 0 unspecified atom stereocenters. The van der Waals surface area contributed by atoms with Gasteiger partial charge in [-0.3, -0.25) is 4.79 Å². The first kappa shape index (κ1) is 16.3. The van der Waals surface area contributed by atoms with Gasteiger partial charge in [-0.05, 0) is 38.2 Å². The van der Waals surface area contributed by atoms with Crippen LogP contribution in [0.1, 0.15) is 17.3 Å². The van der Waals surface area contributed by atoms with Gasteiger partial charge < -0.3 is 19.9 Å². The number of hydrogen-bond donors (Lipinski definition) is 1. The molecule has 0 saturated carbocycles. The van der Waals surface area contributed by atoms with Gasteiger partial charge in [0.1, 0.15) is 0 Å². The Morgan fingerprint density at radius 2 is 1.77 bits per heavy atom. The summed E-state index contributed by atoms with van der Waals surface area (Å²) in [5, 5.41) is 3.09. The smallest absolute Gasteiger partial charge is 0.338 e. The van der Waals surface area contributed by atoms with Crippen molar-refractivity contribution in [3.63, 3.8) is 0 Å². The largest absolute Gasteiger partial charge is 0.462 e. The van der Waals surface area contributed by atoms with Gasteiger partial charge in [0.05, 0.1) is 18.7 Å². The van der Waals surface area contributed by atoms with E-state index in [1.54, 1.807) is 31.2 Å². The van der Waals surface area contributed by atoms with Crippen molar-refractivity contribution in [1.29, 1.82) is 0 Å². The Morgan fingerprint density at radius 1 is 1.14 bits per heavy atom. The zero-order valence-electron chi connectivity index (χ0n) is 13.2. The number of likely N-dealkylation sites (N-methyl/N-ethyl adjacent to an activating group) is 1. The molecule has 1 saturated heterocycles. The number of ether oxygens (including phenoxy) is 1. The molecule has 0 spiro atoms. The van der Waals surface area contributed by atoms with Gasteiger partial charge in [0.2, 0.25) is 5.91 Å². The maximum atomic E-state index is 12.1. The van der Waals surface area contributed by atoms with Gasteiger partial charge in [0, 0.05) is 31.9 Å². The van der Waals surface area contributed by atoms with E-state index in [0.29, 0.717) is 12.2 Å². The Bertz CT molecular complexity index is 508. The topological polar surface area (TPSA) is 61.9 Å². The molecule has 0 aromatic heterocycles. The highest BCUT2D eigenvalue weighted by Gasteiger charge is 2.18. The second-order valence-corrected chi connectivity index (χ2v) is 5.34. The summed E-state index contributed by atoms with van der Waals surface area (Å²) in [4.78, 5) is 27.7. The van der Waals surface area contributed by atoms with Crippen LogP contribution in [0.2, 0.25) is 0 Å². The second-order valence-electron chi connectivity index (χ2n) is 5.34. The lowest BCUT2D eigenvalue weighted by atomic mass is 10.2. The number of piperazine rings is 1. The van der Waals surface area contributed by atoms with Crippen molar-refractivity contribution in [2.45, 2.75) is 6.92 Å². The van der Waals surface area contributed by atoms with E-state index in [-0.39, 0.29) is 18.4 Å². The van der Waals surface area contributed by atoms with Crippen LogP contribution in [0.25, 0.3) is 0 Å². The predicted molar refractivity (Wildman–Crippen MR) is 85.0 cm³/mol. The van der Waals surface area contributed by atoms with Gasteiger partial charge in [-0.15, -0.1) is 0 Å². The maximum absolute atomic E-state index is 12.1. The monoisotopic (exact) mass is 305 g/mol. The van der Waals surface area contributed by atoms with Gasteiger partial charge in [0.25, 0.3) is 0 Å². The maximum Gasteiger partial charge on any atom is 0.338 e. The molecule has 1 heterocycles. The van der Waals surface area contributed by atoms with Crippen LogP contribution in [-0.2, 0) is 9.53 Å². The summed E-state index contributed by atoms with van der Waals surface area (Å²) in [6.45, 7) is 5.79. The fourth-order valence-corrected chi connectivity index (χ4v) is 2.28. The molecule has 0 atom stereocenters. The molecule has 6 heteroatoms. The van der Waals surface area contributed by atoms with Crippen LogP contribution >= 0.6 is 0 Å². The molecule has 0 radical (unpaired) electrons. The van der Waals surface area contributed by atoms with Crippen LogP contribution in [0.4, 0.5) is 5.69 Å². The highest BCUT2D eigenvalue weighted by molar-refractivity contribution is 5.90. The Balaban J connectivity index is 1.81. The van der Waals surface area contributed by atoms with E-state index in [9.17, 15) is 9.59 Å². The van der Waals surface area contributed by atoms with Crippen LogP contribution in [-0.4, -0.2) is 68.1 Å². The van der Waals surface area contributed by atoms with Crippen LogP contribution in [0.5, 0.6) is 0 Å². The lowest BCUT2D eigenvalue weighted by molar-refractivity contribution is -0.130. The zero-order valence-corrected chi connectivity index (χ0v) is 13.2. The van der Waals surface area contributed by atoms with E-state index in [1.165, 1.54) is 0 Å². The minimum atomic E-state index is -0.331. The standard InChI is InChI=1S/C16H23N3O3/c1-3-22-16(21)13-4-6-14(7-5-13)17-12-15(20)19-10-8-18(2)9-11-19/h4-7,17H,3,8-12H2,1-2H3. The molecule has 0 aliphatic carbocycles.